The first-order chi connectivity index (χ1) is 11.6. The highest BCUT2D eigenvalue weighted by atomic mass is 32.1. The van der Waals surface area contributed by atoms with Gasteiger partial charge >= 0.3 is 0 Å². The van der Waals surface area contributed by atoms with E-state index in [1.54, 1.807) is 0 Å². The van der Waals surface area contributed by atoms with Crippen molar-refractivity contribution < 1.29 is 14.5 Å². The fourth-order valence-corrected chi connectivity index (χ4v) is 3.05. The van der Waals surface area contributed by atoms with Crippen molar-refractivity contribution >= 4 is 28.1 Å². The molecule has 0 bridgehead atoms. The smallest absolute Gasteiger partial charge is 0.270 e. The summed E-state index contributed by atoms with van der Waals surface area (Å²) >= 11 is 1.34. The fourth-order valence-electron chi connectivity index (χ4n) is 2.36. The number of hydrogen-bond acceptors (Lipinski definition) is 7. The molecule has 8 nitrogen and oxygen atoms in total. The lowest BCUT2D eigenvalue weighted by molar-refractivity contribution is -0.384. The lowest BCUT2D eigenvalue weighted by atomic mass is 10.2. The largest absolute Gasteiger partial charge is 0.379 e. The standard InChI is InChI=1S/C15H16N4O4S/c20-14(11-2-1-3-13(8-11)19(21)22)17-15-16-12(10-24-15)9-18-4-6-23-7-5-18/h1-3,8,10H,4-7,9H2,(H,16,17,20). The first-order valence-corrected chi connectivity index (χ1v) is 8.30. The Bertz CT molecular complexity index is 743. The number of aromatic nitrogens is 1. The summed E-state index contributed by atoms with van der Waals surface area (Å²) in [5.41, 5.74) is 1.00. The number of benzene rings is 1. The maximum Gasteiger partial charge on any atom is 0.270 e. The molecule has 0 atom stereocenters. The second-order valence-electron chi connectivity index (χ2n) is 5.29. The first-order valence-electron chi connectivity index (χ1n) is 7.42. The SMILES string of the molecule is O=C(Nc1nc(CN2CCOCC2)cs1)c1cccc([N+](=O)[O-])c1. The summed E-state index contributed by atoms with van der Waals surface area (Å²) in [5.74, 6) is -0.411. The molecule has 2 aromatic rings. The van der Waals surface area contributed by atoms with E-state index >= 15 is 0 Å². The number of nitro groups is 1. The molecule has 126 valence electrons. The first kappa shape index (κ1) is 16.5. The molecule has 1 aliphatic heterocycles. The molecule has 0 spiro atoms. The number of carbonyl (C=O) groups excluding carboxylic acids is 1. The highest BCUT2D eigenvalue weighted by Gasteiger charge is 2.15. The third-order valence-electron chi connectivity index (χ3n) is 3.58. The number of thiazole rings is 1. The quantitative estimate of drug-likeness (QED) is 0.657. The lowest BCUT2D eigenvalue weighted by Crippen LogP contribution is -2.35. The number of rotatable bonds is 5. The molecule has 0 aliphatic carbocycles. The number of morpholine rings is 1. The van der Waals surface area contributed by atoms with Crippen molar-refractivity contribution in [1.82, 2.24) is 9.88 Å². The molecule has 24 heavy (non-hydrogen) atoms. The maximum atomic E-state index is 12.2. The van der Waals surface area contributed by atoms with Gasteiger partial charge in [0, 0.05) is 42.7 Å². The number of non-ortho nitro benzene ring substituents is 1. The Morgan fingerprint density at radius 2 is 2.21 bits per heavy atom. The van der Waals surface area contributed by atoms with Crippen LogP contribution in [0.1, 0.15) is 16.1 Å². The summed E-state index contributed by atoms with van der Waals surface area (Å²) in [6.07, 6.45) is 0. The molecule has 3 rings (SSSR count). The molecular formula is C15H16N4O4S. The Balaban J connectivity index is 1.62. The minimum absolute atomic E-state index is 0.116. The topological polar surface area (TPSA) is 97.6 Å². The molecule has 2 heterocycles. The number of anilines is 1. The average molecular weight is 348 g/mol. The Hall–Kier alpha value is -2.36. The van der Waals surface area contributed by atoms with Crippen LogP contribution in [0, 0.1) is 10.1 Å². The zero-order chi connectivity index (χ0) is 16.9. The van der Waals surface area contributed by atoms with Gasteiger partial charge in [0.05, 0.1) is 23.8 Å². The van der Waals surface area contributed by atoms with E-state index in [1.807, 2.05) is 5.38 Å². The molecule has 0 radical (unpaired) electrons. The molecule has 0 saturated carbocycles. The van der Waals surface area contributed by atoms with Crippen LogP contribution in [-0.2, 0) is 11.3 Å². The van der Waals surface area contributed by atoms with Crippen LogP contribution in [0.3, 0.4) is 0 Å². The monoisotopic (exact) mass is 348 g/mol. The van der Waals surface area contributed by atoms with Crippen molar-refractivity contribution in [3.63, 3.8) is 0 Å². The molecule has 9 heteroatoms. The number of nitrogens with zero attached hydrogens (tertiary/aromatic N) is 3. The second kappa shape index (κ2) is 7.47. The van der Waals surface area contributed by atoms with Crippen LogP contribution < -0.4 is 5.32 Å². The van der Waals surface area contributed by atoms with Crippen molar-refractivity contribution in [2.24, 2.45) is 0 Å². The lowest BCUT2D eigenvalue weighted by Gasteiger charge is -2.25. The van der Waals surface area contributed by atoms with Gasteiger partial charge in [0.2, 0.25) is 0 Å². The van der Waals surface area contributed by atoms with Gasteiger partial charge in [-0.2, -0.15) is 0 Å². The highest BCUT2D eigenvalue weighted by Crippen LogP contribution is 2.19. The van der Waals surface area contributed by atoms with Crippen LogP contribution in [0.2, 0.25) is 0 Å². The van der Waals surface area contributed by atoms with Crippen LogP contribution in [0.15, 0.2) is 29.6 Å². The van der Waals surface area contributed by atoms with E-state index in [1.165, 1.54) is 35.6 Å². The molecule has 1 aromatic carbocycles. The summed E-state index contributed by atoms with van der Waals surface area (Å²) < 4.78 is 5.31. The van der Waals surface area contributed by atoms with E-state index in [4.69, 9.17) is 4.74 Å². The Kier molecular flexibility index (Phi) is 5.14. The summed E-state index contributed by atoms with van der Waals surface area (Å²) in [4.78, 5) is 29.1. The van der Waals surface area contributed by atoms with Gasteiger partial charge in [-0.25, -0.2) is 4.98 Å². The van der Waals surface area contributed by atoms with Crippen LogP contribution in [0.25, 0.3) is 0 Å². The Labute approximate surface area is 142 Å². The summed E-state index contributed by atoms with van der Waals surface area (Å²) in [6.45, 7) is 3.90. The van der Waals surface area contributed by atoms with Gasteiger partial charge in [0.15, 0.2) is 5.13 Å². The van der Waals surface area contributed by atoms with Gasteiger partial charge < -0.3 is 4.74 Å². The van der Waals surface area contributed by atoms with E-state index in [9.17, 15) is 14.9 Å². The Morgan fingerprint density at radius 3 is 2.96 bits per heavy atom. The summed E-state index contributed by atoms with van der Waals surface area (Å²) in [5, 5.41) is 15.8. The Morgan fingerprint density at radius 1 is 1.42 bits per heavy atom. The second-order valence-corrected chi connectivity index (χ2v) is 6.15. The third-order valence-corrected chi connectivity index (χ3v) is 4.39. The molecular weight excluding hydrogens is 332 g/mol. The van der Waals surface area contributed by atoms with Crippen molar-refractivity contribution in [1.29, 1.82) is 0 Å². The van der Waals surface area contributed by atoms with E-state index in [0.29, 0.717) is 11.7 Å². The predicted molar refractivity (Wildman–Crippen MR) is 89.3 cm³/mol. The van der Waals surface area contributed by atoms with Crippen LogP contribution >= 0.6 is 11.3 Å². The molecule has 1 N–H and O–H groups in total. The minimum Gasteiger partial charge on any atom is -0.379 e. The highest BCUT2D eigenvalue weighted by molar-refractivity contribution is 7.13. The molecule has 1 fully saturated rings. The summed E-state index contributed by atoms with van der Waals surface area (Å²) in [7, 11) is 0. The maximum absolute atomic E-state index is 12.2. The van der Waals surface area contributed by atoms with Gasteiger partial charge in [-0.1, -0.05) is 6.07 Å². The van der Waals surface area contributed by atoms with Crippen LogP contribution in [0.5, 0.6) is 0 Å². The molecule has 0 unspecified atom stereocenters. The van der Waals surface area contributed by atoms with E-state index < -0.39 is 10.8 Å². The van der Waals surface area contributed by atoms with Gasteiger partial charge in [-0.05, 0) is 6.07 Å². The zero-order valence-electron chi connectivity index (χ0n) is 12.8. The van der Waals surface area contributed by atoms with E-state index in [0.717, 1.165) is 32.0 Å². The molecule has 1 amide bonds. The predicted octanol–water partition coefficient (Wildman–Crippen LogP) is 2.14. The minimum atomic E-state index is -0.527. The van der Waals surface area contributed by atoms with Crippen LogP contribution in [0.4, 0.5) is 10.8 Å². The van der Waals surface area contributed by atoms with Crippen molar-refractivity contribution in [2.45, 2.75) is 6.54 Å². The number of amides is 1. The summed E-state index contributed by atoms with van der Waals surface area (Å²) in [6, 6.07) is 5.61. The van der Waals surface area contributed by atoms with Crippen molar-refractivity contribution in [3.8, 4) is 0 Å². The van der Waals surface area contributed by atoms with Gasteiger partial charge in [0.1, 0.15) is 0 Å². The van der Waals surface area contributed by atoms with E-state index in [2.05, 4.69) is 15.2 Å². The van der Waals surface area contributed by atoms with Gasteiger partial charge in [-0.3, -0.25) is 25.1 Å². The number of ether oxygens (including phenoxy) is 1. The fraction of sp³-hybridized carbons (Fsp3) is 0.333. The van der Waals surface area contributed by atoms with Crippen molar-refractivity contribution in [3.05, 3.63) is 51.0 Å². The molecule has 1 saturated heterocycles. The average Bonchev–Trinajstić information content (AvgIpc) is 3.02. The third kappa shape index (κ3) is 4.13. The van der Waals surface area contributed by atoms with E-state index in [-0.39, 0.29) is 11.3 Å². The number of nitro benzene ring substituents is 1. The van der Waals surface area contributed by atoms with Crippen LogP contribution in [-0.4, -0.2) is 47.0 Å². The van der Waals surface area contributed by atoms with Gasteiger partial charge in [0.25, 0.3) is 11.6 Å². The molecule has 1 aromatic heterocycles. The van der Waals surface area contributed by atoms with Crippen molar-refractivity contribution in [2.75, 3.05) is 31.6 Å². The number of hydrogen-bond donors (Lipinski definition) is 1. The molecule has 1 aliphatic rings. The normalized spacial score (nSPS) is 15.2. The number of carbonyl (C=O) groups is 1. The van der Waals surface area contributed by atoms with Gasteiger partial charge in [-0.15, -0.1) is 11.3 Å². The zero-order valence-corrected chi connectivity index (χ0v) is 13.6. The number of nitrogens with one attached hydrogen (secondary N) is 1.